The van der Waals surface area contributed by atoms with Gasteiger partial charge in [-0.1, -0.05) is 29.8 Å². The number of halogens is 1. The number of nitrogens with zero attached hydrogens (tertiary/aromatic N) is 3. The van der Waals surface area contributed by atoms with Crippen molar-refractivity contribution in [3.05, 3.63) is 51.8 Å². The number of carboxylic acid groups (broad SMARTS) is 1. The Labute approximate surface area is 138 Å². The summed E-state index contributed by atoms with van der Waals surface area (Å²) in [5.41, 5.74) is 1.73. The van der Waals surface area contributed by atoms with E-state index in [9.17, 15) is 9.59 Å². The summed E-state index contributed by atoms with van der Waals surface area (Å²) in [5, 5.41) is 13.8. The molecule has 1 N–H and O–H groups in total. The molecule has 1 aromatic heterocycles. The third-order valence-electron chi connectivity index (χ3n) is 4.07. The van der Waals surface area contributed by atoms with Crippen molar-refractivity contribution in [1.82, 2.24) is 14.7 Å². The molecule has 0 radical (unpaired) electrons. The summed E-state index contributed by atoms with van der Waals surface area (Å²) in [7, 11) is 0. The lowest BCUT2D eigenvalue weighted by molar-refractivity contribution is 0.0678. The minimum atomic E-state index is -1.11. The van der Waals surface area contributed by atoms with Gasteiger partial charge in [0.15, 0.2) is 5.69 Å². The SMILES string of the molecule is Cc1c(C(=O)O)nn2c1C(=O)N(CCc1ccccc1Cl)CC2. The number of aromatic nitrogens is 2. The van der Waals surface area contributed by atoms with Gasteiger partial charge in [-0.25, -0.2) is 4.79 Å². The fraction of sp³-hybridized carbons (Fsp3) is 0.312. The third kappa shape index (κ3) is 2.82. The van der Waals surface area contributed by atoms with Crippen molar-refractivity contribution in [2.45, 2.75) is 19.9 Å². The van der Waals surface area contributed by atoms with Crippen molar-refractivity contribution in [2.24, 2.45) is 0 Å². The minimum Gasteiger partial charge on any atom is -0.476 e. The number of amides is 1. The molecule has 6 nitrogen and oxygen atoms in total. The number of carboxylic acids is 1. The molecule has 0 aliphatic carbocycles. The van der Waals surface area contributed by atoms with Gasteiger partial charge in [-0.15, -0.1) is 0 Å². The van der Waals surface area contributed by atoms with Gasteiger partial charge >= 0.3 is 5.97 Å². The molecule has 1 aromatic carbocycles. The average Bonchev–Trinajstić information content (AvgIpc) is 2.86. The van der Waals surface area contributed by atoms with Gasteiger partial charge in [0.1, 0.15) is 5.69 Å². The van der Waals surface area contributed by atoms with Gasteiger partial charge in [0.2, 0.25) is 0 Å². The molecule has 3 rings (SSSR count). The van der Waals surface area contributed by atoms with Crippen molar-refractivity contribution < 1.29 is 14.7 Å². The summed E-state index contributed by atoms with van der Waals surface area (Å²) in [6.45, 7) is 3.17. The standard InChI is InChI=1S/C16H16ClN3O3/c1-10-13(16(22)23)18-20-9-8-19(15(21)14(10)20)7-6-11-4-2-3-5-12(11)17/h2-5H,6-9H2,1H3,(H,22,23). The normalized spacial score (nSPS) is 14.0. The Morgan fingerprint density at radius 2 is 2.09 bits per heavy atom. The second kappa shape index (κ2) is 6.04. The second-order valence-electron chi connectivity index (χ2n) is 5.48. The molecule has 120 valence electrons. The molecule has 0 unspecified atom stereocenters. The van der Waals surface area contributed by atoms with E-state index in [1.807, 2.05) is 24.3 Å². The van der Waals surface area contributed by atoms with Crippen LogP contribution in [-0.4, -0.2) is 44.8 Å². The van der Waals surface area contributed by atoms with E-state index in [0.717, 1.165) is 5.56 Å². The van der Waals surface area contributed by atoms with Crippen LogP contribution < -0.4 is 0 Å². The van der Waals surface area contributed by atoms with Gasteiger partial charge in [0, 0.05) is 23.7 Å². The number of fused-ring (bicyclic) bond motifs is 1. The van der Waals surface area contributed by atoms with Crippen LogP contribution in [0.25, 0.3) is 0 Å². The Morgan fingerprint density at radius 3 is 2.78 bits per heavy atom. The van der Waals surface area contributed by atoms with Crippen LogP contribution in [0.4, 0.5) is 0 Å². The van der Waals surface area contributed by atoms with E-state index >= 15 is 0 Å². The van der Waals surface area contributed by atoms with Crippen LogP contribution >= 0.6 is 11.6 Å². The van der Waals surface area contributed by atoms with Crippen molar-refractivity contribution in [2.75, 3.05) is 13.1 Å². The van der Waals surface area contributed by atoms with Crippen molar-refractivity contribution in [1.29, 1.82) is 0 Å². The summed E-state index contributed by atoms with van der Waals surface area (Å²) < 4.78 is 1.49. The van der Waals surface area contributed by atoms with E-state index in [-0.39, 0.29) is 11.6 Å². The summed E-state index contributed by atoms with van der Waals surface area (Å²) in [4.78, 5) is 25.5. The molecule has 23 heavy (non-hydrogen) atoms. The monoisotopic (exact) mass is 333 g/mol. The number of carbonyl (C=O) groups is 2. The number of hydrogen-bond acceptors (Lipinski definition) is 3. The van der Waals surface area contributed by atoms with E-state index < -0.39 is 5.97 Å². The van der Waals surface area contributed by atoms with E-state index in [1.54, 1.807) is 11.8 Å². The maximum Gasteiger partial charge on any atom is 0.356 e. The fourth-order valence-corrected chi connectivity index (χ4v) is 3.05. The smallest absolute Gasteiger partial charge is 0.356 e. The Kier molecular flexibility index (Phi) is 4.09. The van der Waals surface area contributed by atoms with Crippen LogP contribution in [0.5, 0.6) is 0 Å². The topological polar surface area (TPSA) is 75.4 Å². The highest BCUT2D eigenvalue weighted by molar-refractivity contribution is 6.31. The molecule has 0 spiro atoms. The van der Waals surface area contributed by atoms with Crippen LogP contribution in [-0.2, 0) is 13.0 Å². The second-order valence-corrected chi connectivity index (χ2v) is 5.89. The van der Waals surface area contributed by atoms with E-state index in [0.29, 0.717) is 42.3 Å². The molecule has 7 heteroatoms. The lowest BCUT2D eigenvalue weighted by Gasteiger charge is -2.28. The number of aromatic carboxylic acids is 1. The molecular formula is C16H16ClN3O3. The Balaban J connectivity index is 1.79. The highest BCUT2D eigenvalue weighted by Gasteiger charge is 2.31. The van der Waals surface area contributed by atoms with Crippen molar-refractivity contribution in [3.63, 3.8) is 0 Å². The highest BCUT2D eigenvalue weighted by Crippen LogP contribution is 2.21. The predicted molar refractivity (Wildman–Crippen MR) is 85.0 cm³/mol. The molecule has 1 amide bonds. The fourth-order valence-electron chi connectivity index (χ4n) is 2.82. The van der Waals surface area contributed by atoms with Gasteiger partial charge < -0.3 is 10.0 Å². The molecule has 0 fully saturated rings. The largest absolute Gasteiger partial charge is 0.476 e. The molecule has 0 atom stereocenters. The highest BCUT2D eigenvalue weighted by atomic mass is 35.5. The Hall–Kier alpha value is -2.34. The van der Waals surface area contributed by atoms with Gasteiger partial charge in [-0.3, -0.25) is 9.48 Å². The van der Waals surface area contributed by atoms with Crippen LogP contribution in [0, 0.1) is 6.92 Å². The van der Waals surface area contributed by atoms with Gasteiger partial charge in [0.25, 0.3) is 5.91 Å². The molecule has 0 saturated carbocycles. The first kappa shape index (κ1) is 15.6. The number of rotatable bonds is 4. The quantitative estimate of drug-likeness (QED) is 0.931. The zero-order chi connectivity index (χ0) is 16.6. The number of carbonyl (C=O) groups excluding carboxylic acids is 1. The van der Waals surface area contributed by atoms with Crippen LogP contribution in [0.2, 0.25) is 5.02 Å². The summed E-state index contributed by atoms with van der Waals surface area (Å²) in [6.07, 6.45) is 0.657. The first-order valence-corrected chi connectivity index (χ1v) is 7.70. The number of hydrogen-bond donors (Lipinski definition) is 1. The van der Waals surface area contributed by atoms with Gasteiger partial charge in [0.05, 0.1) is 6.54 Å². The lowest BCUT2D eigenvalue weighted by atomic mass is 10.1. The first-order valence-electron chi connectivity index (χ1n) is 7.32. The molecule has 2 aromatic rings. The van der Waals surface area contributed by atoms with Gasteiger partial charge in [-0.05, 0) is 25.0 Å². The van der Waals surface area contributed by atoms with E-state index in [1.165, 1.54) is 4.68 Å². The van der Waals surface area contributed by atoms with Crippen molar-refractivity contribution >= 4 is 23.5 Å². The van der Waals surface area contributed by atoms with Crippen molar-refractivity contribution in [3.8, 4) is 0 Å². The third-order valence-corrected chi connectivity index (χ3v) is 4.44. The maximum atomic E-state index is 12.6. The zero-order valence-electron chi connectivity index (χ0n) is 12.6. The Bertz CT molecular complexity index is 785. The predicted octanol–water partition coefficient (Wildman–Crippen LogP) is 2.24. The summed E-state index contributed by atoms with van der Waals surface area (Å²) in [6, 6.07) is 7.55. The van der Waals surface area contributed by atoms with Crippen LogP contribution in [0.15, 0.2) is 24.3 Å². The zero-order valence-corrected chi connectivity index (χ0v) is 13.4. The molecular weight excluding hydrogens is 318 g/mol. The van der Waals surface area contributed by atoms with Crippen LogP contribution in [0.1, 0.15) is 32.1 Å². The van der Waals surface area contributed by atoms with E-state index in [2.05, 4.69) is 5.10 Å². The molecule has 2 heterocycles. The molecule has 0 saturated heterocycles. The van der Waals surface area contributed by atoms with Gasteiger partial charge in [-0.2, -0.15) is 5.10 Å². The molecule has 0 bridgehead atoms. The molecule has 1 aliphatic heterocycles. The molecule has 1 aliphatic rings. The van der Waals surface area contributed by atoms with E-state index in [4.69, 9.17) is 16.7 Å². The average molecular weight is 334 g/mol. The Morgan fingerprint density at radius 1 is 1.35 bits per heavy atom. The lowest BCUT2D eigenvalue weighted by Crippen LogP contribution is -2.41. The van der Waals surface area contributed by atoms with Crippen LogP contribution in [0.3, 0.4) is 0 Å². The number of benzene rings is 1. The first-order chi connectivity index (χ1) is 11.0. The maximum absolute atomic E-state index is 12.6. The summed E-state index contributed by atoms with van der Waals surface area (Å²) in [5.74, 6) is -1.29. The minimum absolute atomic E-state index is 0.0543. The summed E-state index contributed by atoms with van der Waals surface area (Å²) >= 11 is 6.14.